The summed E-state index contributed by atoms with van der Waals surface area (Å²) in [7, 11) is 3.75. The van der Waals surface area contributed by atoms with E-state index < -0.39 is 17.9 Å². The predicted octanol–water partition coefficient (Wildman–Crippen LogP) is 8.08. The lowest BCUT2D eigenvalue weighted by atomic mass is 10.0. The van der Waals surface area contributed by atoms with Crippen molar-refractivity contribution in [3.05, 3.63) is 160 Å². The smallest absolute Gasteiger partial charge is 0.354 e. The van der Waals surface area contributed by atoms with Crippen LogP contribution in [-0.4, -0.2) is 54.2 Å². The van der Waals surface area contributed by atoms with Crippen LogP contribution >= 0.6 is 0 Å². The van der Waals surface area contributed by atoms with Crippen LogP contribution < -0.4 is 15.5 Å². The number of aryl methyl sites for hydroxylation is 2. The van der Waals surface area contributed by atoms with Crippen molar-refractivity contribution in [1.29, 1.82) is 0 Å². The lowest BCUT2D eigenvalue weighted by Crippen LogP contribution is -2.15. The van der Waals surface area contributed by atoms with Crippen molar-refractivity contribution in [1.82, 2.24) is 15.0 Å². The summed E-state index contributed by atoms with van der Waals surface area (Å²) in [5, 5.41) is 5.28. The number of carbonyl (C=O) groups is 3. The van der Waals surface area contributed by atoms with E-state index in [4.69, 9.17) is 4.74 Å². The normalized spacial score (nSPS) is 10.7. The third-order valence-electron chi connectivity index (χ3n) is 7.99. The Balaban J connectivity index is 0.000000190. The fraction of sp³-hybridized carbons (Fsp3) is 0.116. The number of anilines is 1. The van der Waals surface area contributed by atoms with Gasteiger partial charge in [0.05, 0.1) is 55.0 Å². The Morgan fingerprint density at radius 1 is 0.709 bits per heavy atom. The number of esters is 3. The van der Waals surface area contributed by atoms with Gasteiger partial charge in [-0.1, -0.05) is 48.5 Å². The van der Waals surface area contributed by atoms with E-state index in [2.05, 4.69) is 34.5 Å². The zero-order valence-electron chi connectivity index (χ0n) is 30.8. The maximum absolute atomic E-state index is 12.2. The summed E-state index contributed by atoms with van der Waals surface area (Å²) >= 11 is 0. The molecule has 2 N–H and O–H groups in total. The molecule has 0 atom stereocenters. The second-order valence-electron chi connectivity index (χ2n) is 11.9. The van der Waals surface area contributed by atoms with Crippen LogP contribution in [0.15, 0.2) is 138 Å². The average Bonchev–Trinajstić information content (AvgIpc) is 3.21. The standard InChI is InChI=1S/C16H16N2O4.C15H12N2O3.C12H10O.H2/c1-10-7-11-5-4-6-17-15(11)12(8-10)18-13(16(20)22-3)9-14(19)21-2;1-8-6-9-4-3-5-16-13(9)14-12(8)11(18)7-10(17-14)15(19)20-2;1-3-7-11(8-4-1)13-12-9-5-2-6-10-12;/h4-9,18H,1-3H3;3-7H,1-2H3,(H,17,18);1-10H;1H/b13-9-;;;/i;;;1+1. The molecule has 3 heterocycles. The van der Waals surface area contributed by atoms with E-state index >= 15 is 0 Å². The molecule has 12 nitrogen and oxygen atoms in total. The van der Waals surface area contributed by atoms with Crippen LogP contribution in [0.1, 0.15) is 23.0 Å². The molecule has 7 rings (SSSR count). The van der Waals surface area contributed by atoms with Gasteiger partial charge >= 0.3 is 17.9 Å². The molecule has 0 radical (unpaired) electrons. The molecule has 0 saturated heterocycles. The Morgan fingerprint density at radius 3 is 1.89 bits per heavy atom. The summed E-state index contributed by atoms with van der Waals surface area (Å²) in [5.74, 6) is -0.161. The van der Waals surface area contributed by atoms with Crippen molar-refractivity contribution in [2.24, 2.45) is 0 Å². The molecule has 0 fully saturated rings. The minimum absolute atomic E-state index is 0. The molecule has 0 saturated carbocycles. The van der Waals surface area contributed by atoms with Crippen molar-refractivity contribution >= 4 is 56.3 Å². The summed E-state index contributed by atoms with van der Waals surface area (Å²) in [5.41, 5.74) is 4.25. The van der Waals surface area contributed by atoms with Crippen LogP contribution in [0.5, 0.6) is 11.5 Å². The molecule has 3 aromatic heterocycles. The van der Waals surface area contributed by atoms with Gasteiger partial charge in [0.2, 0.25) is 0 Å². The Labute approximate surface area is 317 Å². The number of ether oxygens (including phenoxy) is 4. The SMILES string of the molecule is COC(=O)/C=C(\Nc1cc(C)cc2cccnc12)C(=O)OC.COC(=O)c1cc(=O)c2c(C)cc3cccnc3c2[nH]1.[2HH].c1ccc(Oc2ccccc2)cc1. The van der Waals surface area contributed by atoms with Gasteiger partial charge in [0, 0.05) is 30.7 Å². The Morgan fingerprint density at radius 2 is 1.31 bits per heavy atom. The highest BCUT2D eigenvalue weighted by molar-refractivity contribution is 6.06. The van der Waals surface area contributed by atoms with Crippen molar-refractivity contribution in [2.75, 3.05) is 26.6 Å². The van der Waals surface area contributed by atoms with Gasteiger partial charge in [0.15, 0.2) is 5.43 Å². The van der Waals surface area contributed by atoms with Gasteiger partial charge in [-0.05, 0) is 79.6 Å². The largest absolute Gasteiger partial charge is 0.466 e. The molecule has 4 aromatic carbocycles. The molecule has 0 unspecified atom stereocenters. The van der Waals surface area contributed by atoms with E-state index in [1.54, 1.807) is 12.4 Å². The summed E-state index contributed by atoms with van der Waals surface area (Å²) in [6.45, 7) is 3.79. The Hall–Kier alpha value is -7.34. The zero-order valence-corrected chi connectivity index (χ0v) is 30.8. The molecule has 0 amide bonds. The van der Waals surface area contributed by atoms with Crippen molar-refractivity contribution in [2.45, 2.75) is 13.8 Å². The maximum atomic E-state index is 12.2. The van der Waals surface area contributed by atoms with Crippen LogP contribution in [0.2, 0.25) is 0 Å². The number of hydrogen-bond donors (Lipinski definition) is 2. The molecule has 0 aliphatic heterocycles. The number of benzene rings is 4. The molecule has 280 valence electrons. The fourth-order valence-electron chi connectivity index (χ4n) is 5.53. The number of aromatic amines is 1. The van der Waals surface area contributed by atoms with E-state index in [0.717, 1.165) is 39.5 Å². The molecular formula is C43H40N4O8. The maximum Gasteiger partial charge on any atom is 0.354 e. The van der Waals surface area contributed by atoms with E-state index in [0.29, 0.717) is 27.6 Å². The number of hydrogen-bond acceptors (Lipinski definition) is 11. The minimum Gasteiger partial charge on any atom is -0.466 e. The van der Waals surface area contributed by atoms with Crippen LogP contribution in [0.25, 0.3) is 32.7 Å². The number of nitrogens with zero attached hydrogens (tertiary/aromatic N) is 2. The molecule has 0 aliphatic carbocycles. The van der Waals surface area contributed by atoms with Gasteiger partial charge < -0.3 is 29.2 Å². The molecule has 0 spiro atoms. The Bertz CT molecular complexity index is 2520. The summed E-state index contributed by atoms with van der Waals surface area (Å²) in [6.07, 6.45) is 4.36. The van der Waals surface area contributed by atoms with Crippen LogP contribution in [0.3, 0.4) is 0 Å². The highest BCUT2D eigenvalue weighted by Crippen LogP contribution is 2.26. The number of nitrogens with one attached hydrogen (secondary N) is 2. The van der Waals surface area contributed by atoms with Gasteiger partial charge in [-0.15, -0.1) is 0 Å². The van der Waals surface area contributed by atoms with Gasteiger partial charge in [-0.25, -0.2) is 14.4 Å². The number of fused-ring (bicyclic) bond motifs is 4. The monoisotopic (exact) mass is 741 g/mol. The van der Waals surface area contributed by atoms with Crippen LogP contribution in [0, 0.1) is 13.8 Å². The number of H-pyrrole nitrogens is 1. The lowest BCUT2D eigenvalue weighted by Gasteiger charge is -2.12. The quantitative estimate of drug-likeness (QED) is 0.0704. The van der Waals surface area contributed by atoms with E-state index in [-0.39, 0.29) is 18.2 Å². The number of rotatable bonds is 7. The number of carbonyl (C=O) groups excluding carboxylic acids is 3. The average molecular weight is 742 g/mol. The second-order valence-corrected chi connectivity index (χ2v) is 11.9. The van der Waals surface area contributed by atoms with E-state index in [1.807, 2.05) is 117 Å². The molecule has 12 heteroatoms. The first-order valence-corrected chi connectivity index (χ1v) is 16.9. The first-order chi connectivity index (χ1) is 26.6. The first-order valence-electron chi connectivity index (χ1n) is 16.9. The summed E-state index contributed by atoms with van der Waals surface area (Å²) in [6, 6.07) is 34.0. The molecule has 0 aliphatic rings. The lowest BCUT2D eigenvalue weighted by molar-refractivity contribution is -0.138. The highest BCUT2D eigenvalue weighted by atomic mass is 16.5. The van der Waals surface area contributed by atoms with Crippen molar-refractivity contribution in [3.8, 4) is 11.5 Å². The second kappa shape index (κ2) is 18.4. The van der Waals surface area contributed by atoms with Crippen LogP contribution in [0.4, 0.5) is 5.69 Å². The molecule has 7 aromatic rings. The van der Waals surface area contributed by atoms with Gasteiger partial charge in [-0.2, -0.15) is 0 Å². The zero-order chi connectivity index (χ0) is 39.3. The number of aromatic nitrogens is 3. The molecule has 0 bridgehead atoms. The van der Waals surface area contributed by atoms with Crippen molar-refractivity contribution in [3.63, 3.8) is 0 Å². The third-order valence-corrected chi connectivity index (χ3v) is 7.99. The van der Waals surface area contributed by atoms with Gasteiger partial charge in [0.1, 0.15) is 22.9 Å². The number of pyridine rings is 3. The predicted molar refractivity (Wildman–Crippen MR) is 213 cm³/mol. The topological polar surface area (TPSA) is 159 Å². The third kappa shape index (κ3) is 9.96. The number of methoxy groups -OCH3 is 3. The summed E-state index contributed by atoms with van der Waals surface area (Å²) < 4.78 is 19.5. The Kier molecular flexibility index (Phi) is 13.0. The fourth-order valence-corrected chi connectivity index (χ4v) is 5.53. The molecular weight excluding hydrogens is 700 g/mol. The number of para-hydroxylation sites is 2. The molecule has 55 heavy (non-hydrogen) atoms. The minimum atomic E-state index is -0.670. The van der Waals surface area contributed by atoms with E-state index in [9.17, 15) is 19.2 Å². The van der Waals surface area contributed by atoms with E-state index in [1.165, 1.54) is 27.4 Å². The first kappa shape index (κ1) is 38.9. The van der Waals surface area contributed by atoms with Gasteiger partial charge in [-0.3, -0.25) is 14.8 Å². The van der Waals surface area contributed by atoms with Crippen LogP contribution in [-0.2, 0) is 23.8 Å². The summed E-state index contributed by atoms with van der Waals surface area (Å²) in [4.78, 5) is 58.6. The highest BCUT2D eigenvalue weighted by Gasteiger charge is 2.16. The van der Waals surface area contributed by atoms with Crippen molar-refractivity contribution < 1.29 is 34.8 Å². The van der Waals surface area contributed by atoms with Gasteiger partial charge in [0.25, 0.3) is 0 Å².